The Morgan fingerprint density at radius 2 is 1.44 bits per heavy atom. The highest BCUT2D eigenvalue weighted by molar-refractivity contribution is 6.81. The van der Waals surface area contributed by atoms with Crippen LogP contribution in [0.1, 0.15) is 0 Å². The van der Waals surface area contributed by atoms with Gasteiger partial charge in [-0.05, 0) is 0 Å². The zero-order valence-corrected chi connectivity index (χ0v) is 10.7. The van der Waals surface area contributed by atoms with Gasteiger partial charge in [0, 0.05) is 0 Å². The van der Waals surface area contributed by atoms with Crippen molar-refractivity contribution in [3.05, 3.63) is 11.3 Å². The minimum absolute atomic E-state index is 1.02. The zero-order chi connectivity index (χ0) is 14.5. The minimum atomic E-state index is -5.59. The molecule has 1 unspecified atom stereocenters. The minimum Gasteiger partial charge on any atom is -0.429 e. The summed E-state index contributed by atoms with van der Waals surface area (Å²) >= 11 is 0. The van der Waals surface area contributed by atoms with Gasteiger partial charge in [-0.2, -0.15) is 26.3 Å². The smallest absolute Gasteiger partial charge is 0.424 e. The second kappa shape index (κ2) is 4.00. The van der Waals surface area contributed by atoms with Crippen molar-refractivity contribution < 1.29 is 35.9 Å². The average molecular weight is 292 g/mol. The first kappa shape index (κ1) is 15.1. The van der Waals surface area contributed by atoms with Crippen LogP contribution in [0.2, 0.25) is 25.2 Å². The molecule has 2 nitrogen and oxygen atoms in total. The molecule has 1 fully saturated rings. The van der Waals surface area contributed by atoms with Gasteiger partial charge in [0.25, 0.3) is 0 Å². The van der Waals surface area contributed by atoms with Crippen molar-refractivity contribution in [1.82, 2.24) is 0 Å². The average Bonchev–Trinajstić information content (AvgIpc) is 1.92. The fourth-order valence-corrected chi connectivity index (χ4v) is 3.41. The van der Waals surface area contributed by atoms with E-state index >= 15 is 0 Å². The molecule has 104 valence electrons. The fraction of sp³-hybridized carbons (Fsp3) is 0.667. The van der Waals surface area contributed by atoms with Crippen molar-refractivity contribution in [1.29, 1.82) is 0 Å². The predicted molar refractivity (Wildman–Crippen MR) is 52.3 cm³/mol. The highest BCUT2D eigenvalue weighted by Gasteiger charge is 2.60. The van der Waals surface area contributed by atoms with Crippen LogP contribution in [0.3, 0.4) is 0 Å². The molecule has 0 aromatic heterocycles. The van der Waals surface area contributed by atoms with E-state index in [1.807, 2.05) is 0 Å². The fourth-order valence-electron chi connectivity index (χ4n) is 1.66. The van der Waals surface area contributed by atoms with E-state index in [9.17, 15) is 31.1 Å². The van der Waals surface area contributed by atoms with E-state index in [0.717, 1.165) is 0 Å². The number of carbonyl (C=O) groups is 1. The normalized spacial score (nSPS) is 21.5. The quantitative estimate of drug-likeness (QED) is 0.419. The number of halogens is 6. The third-order valence-corrected chi connectivity index (χ3v) is 4.62. The molecule has 0 aliphatic carbocycles. The van der Waals surface area contributed by atoms with Crippen LogP contribution in [0, 0.1) is 0 Å². The summed E-state index contributed by atoms with van der Waals surface area (Å²) in [5.41, 5.74) is -4.10. The summed E-state index contributed by atoms with van der Waals surface area (Å²) in [5, 5.41) is 0. The molecule has 0 amide bonds. The first-order valence-corrected chi connectivity index (χ1v) is 8.44. The highest BCUT2D eigenvalue weighted by Crippen LogP contribution is 2.50. The number of alkyl halides is 6. The number of carbonyl (C=O) groups excluding carboxylic acids is 1. The Morgan fingerprint density at radius 3 is 1.67 bits per heavy atom. The molecule has 1 aliphatic heterocycles. The van der Waals surface area contributed by atoms with Gasteiger partial charge in [-0.1, -0.05) is 19.6 Å². The van der Waals surface area contributed by atoms with Gasteiger partial charge in [-0.25, -0.2) is 0 Å². The lowest BCUT2D eigenvalue weighted by molar-refractivity contribution is -0.181. The number of cyclic esters (lactones) is 1. The molecule has 1 atom stereocenters. The van der Waals surface area contributed by atoms with Crippen molar-refractivity contribution >= 4 is 14.0 Å². The van der Waals surface area contributed by atoms with E-state index in [-0.39, 0.29) is 0 Å². The van der Waals surface area contributed by atoms with E-state index in [1.165, 1.54) is 19.6 Å². The molecule has 1 saturated heterocycles. The third kappa shape index (κ3) is 2.70. The second-order valence-electron chi connectivity index (χ2n) is 4.95. The van der Waals surface area contributed by atoms with Gasteiger partial charge in [0.1, 0.15) is 11.3 Å². The summed E-state index contributed by atoms with van der Waals surface area (Å²) in [6.45, 7) is 4.51. The van der Waals surface area contributed by atoms with Crippen molar-refractivity contribution in [2.75, 3.05) is 0 Å². The van der Waals surface area contributed by atoms with Crippen LogP contribution < -0.4 is 0 Å². The van der Waals surface area contributed by atoms with E-state index in [1.54, 1.807) is 0 Å². The van der Waals surface area contributed by atoms with Gasteiger partial charge in [0.15, 0.2) is 5.57 Å². The third-order valence-electron chi connectivity index (χ3n) is 2.39. The van der Waals surface area contributed by atoms with E-state index in [2.05, 4.69) is 4.74 Å². The number of hydrogen-bond acceptors (Lipinski definition) is 2. The molecule has 1 rings (SSSR count). The van der Waals surface area contributed by atoms with E-state index < -0.39 is 43.3 Å². The first-order chi connectivity index (χ1) is 7.76. The standard InChI is InChI=1S/C9H10F6O2Si/c1-18(2,3)5-4(17-7(5)16)6(8(10,11)12)9(13,14)15/h5H,1-3H3. The Labute approximate surface area is 99.6 Å². The lowest BCUT2D eigenvalue weighted by Crippen LogP contribution is -2.47. The maximum Gasteiger partial charge on any atom is 0.424 e. The maximum absolute atomic E-state index is 12.4. The molecule has 0 aromatic carbocycles. The van der Waals surface area contributed by atoms with Gasteiger partial charge in [0.2, 0.25) is 0 Å². The van der Waals surface area contributed by atoms with Gasteiger partial charge in [0.05, 0.1) is 8.07 Å². The second-order valence-corrected chi connectivity index (χ2v) is 10.3. The number of ether oxygens (including phenoxy) is 1. The van der Waals surface area contributed by atoms with Crippen LogP contribution >= 0.6 is 0 Å². The Balaban J connectivity index is 3.37. The van der Waals surface area contributed by atoms with Crippen molar-refractivity contribution in [3.63, 3.8) is 0 Å². The van der Waals surface area contributed by atoms with Crippen molar-refractivity contribution in [2.45, 2.75) is 37.5 Å². The molecule has 0 N–H and O–H groups in total. The molecule has 0 bridgehead atoms. The van der Waals surface area contributed by atoms with Crippen LogP contribution in [0.4, 0.5) is 26.3 Å². The first-order valence-electron chi connectivity index (χ1n) is 4.86. The monoisotopic (exact) mass is 292 g/mol. The zero-order valence-electron chi connectivity index (χ0n) is 9.66. The summed E-state index contributed by atoms with van der Waals surface area (Å²) < 4.78 is 78.6. The lowest BCUT2D eigenvalue weighted by atomic mass is 10.1. The molecular formula is C9H10F6O2Si. The summed E-state index contributed by atoms with van der Waals surface area (Å²) in [6.07, 6.45) is -11.2. The molecule has 1 heterocycles. The molecule has 0 aromatic rings. The SMILES string of the molecule is C[Si](C)(C)C1C(=O)OC1=C(C(F)(F)F)C(F)(F)F. The lowest BCUT2D eigenvalue weighted by Gasteiger charge is -2.38. The molecule has 1 aliphatic rings. The summed E-state index contributed by atoms with van der Waals surface area (Å²) in [7, 11) is -2.55. The van der Waals surface area contributed by atoms with Crippen molar-refractivity contribution in [2.24, 2.45) is 0 Å². The van der Waals surface area contributed by atoms with Gasteiger partial charge >= 0.3 is 18.3 Å². The van der Waals surface area contributed by atoms with Crippen LogP contribution in [-0.2, 0) is 9.53 Å². The summed E-state index contributed by atoms with van der Waals surface area (Å²) in [6, 6.07) is 0. The van der Waals surface area contributed by atoms with Crippen molar-refractivity contribution in [3.8, 4) is 0 Å². The van der Waals surface area contributed by atoms with E-state index in [0.29, 0.717) is 0 Å². The Morgan fingerprint density at radius 1 is 1.06 bits per heavy atom. The largest absolute Gasteiger partial charge is 0.429 e. The molecule has 9 heteroatoms. The Kier molecular flexibility index (Phi) is 3.35. The molecular weight excluding hydrogens is 282 g/mol. The Bertz CT molecular complexity index is 385. The predicted octanol–water partition coefficient (Wildman–Crippen LogP) is 3.63. The number of rotatable bonds is 1. The van der Waals surface area contributed by atoms with Crippen LogP contribution in [-0.4, -0.2) is 26.4 Å². The topological polar surface area (TPSA) is 26.3 Å². The molecule has 0 saturated carbocycles. The van der Waals surface area contributed by atoms with Gasteiger partial charge in [-0.15, -0.1) is 0 Å². The van der Waals surface area contributed by atoms with Crippen LogP contribution in [0.5, 0.6) is 0 Å². The summed E-state index contributed by atoms with van der Waals surface area (Å²) in [4.78, 5) is 11.1. The van der Waals surface area contributed by atoms with Gasteiger partial charge < -0.3 is 4.74 Å². The highest BCUT2D eigenvalue weighted by atomic mass is 28.3. The number of hydrogen-bond donors (Lipinski definition) is 0. The summed E-state index contributed by atoms with van der Waals surface area (Å²) in [5.74, 6) is -2.30. The maximum atomic E-state index is 12.4. The van der Waals surface area contributed by atoms with Crippen LogP contribution in [0.15, 0.2) is 11.3 Å². The van der Waals surface area contributed by atoms with Crippen LogP contribution in [0.25, 0.3) is 0 Å². The molecule has 0 radical (unpaired) electrons. The van der Waals surface area contributed by atoms with E-state index in [4.69, 9.17) is 0 Å². The Hall–Kier alpha value is -0.993. The van der Waals surface area contributed by atoms with Gasteiger partial charge in [-0.3, -0.25) is 4.79 Å². The molecule has 18 heavy (non-hydrogen) atoms. The number of esters is 1. The molecule has 0 spiro atoms. The number of allylic oxidation sites excluding steroid dienone is 1.